The summed E-state index contributed by atoms with van der Waals surface area (Å²) in [5, 5.41) is 9.59. The molecule has 1 aliphatic heterocycles. The highest BCUT2D eigenvalue weighted by molar-refractivity contribution is 5.50. The smallest absolute Gasteiger partial charge is 0.141 e. The van der Waals surface area contributed by atoms with E-state index >= 15 is 0 Å². The Labute approximate surface area is 135 Å². The summed E-state index contributed by atoms with van der Waals surface area (Å²) in [6.45, 7) is 7.52. The molecular formula is C19H30N2O. The number of hydrogen-bond acceptors (Lipinski definition) is 3. The lowest BCUT2D eigenvalue weighted by molar-refractivity contribution is 0.242. The van der Waals surface area contributed by atoms with Gasteiger partial charge in [0.25, 0.3) is 0 Å². The Bertz CT molecular complexity index is 451. The quantitative estimate of drug-likeness (QED) is 0.758. The molecule has 22 heavy (non-hydrogen) atoms. The van der Waals surface area contributed by atoms with Crippen LogP contribution in [-0.4, -0.2) is 34.6 Å². The zero-order chi connectivity index (χ0) is 15.6. The zero-order valence-electron chi connectivity index (χ0n) is 13.8. The summed E-state index contributed by atoms with van der Waals surface area (Å²) < 4.78 is 0. The average Bonchev–Trinajstić information content (AvgIpc) is 2.50. The monoisotopic (exact) mass is 302 g/mol. The molecule has 1 aromatic heterocycles. The van der Waals surface area contributed by atoms with Gasteiger partial charge in [0, 0.05) is 5.69 Å². The predicted molar refractivity (Wildman–Crippen MR) is 93.1 cm³/mol. The van der Waals surface area contributed by atoms with Crippen molar-refractivity contribution in [2.45, 2.75) is 57.8 Å². The van der Waals surface area contributed by atoms with Crippen molar-refractivity contribution < 1.29 is 5.11 Å². The fourth-order valence-electron chi connectivity index (χ4n) is 3.15. The van der Waals surface area contributed by atoms with Crippen molar-refractivity contribution >= 4 is 6.08 Å². The minimum atomic E-state index is 0.218. The third kappa shape index (κ3) is 5.80. The first-order valence-electron chi connectivity index (χ1n) is 8.83. The van der Waals surface area contributed by atoms with E-state index in [0.29, 0.717) is 5.69 Å². The van der Waals surface area contributed by atoms with Gasteiger partial charge in [-0.25, -0.2) is 4.98 Å². The number of likely N-dealkylation sites (tertiary alicyclic amines) is 1. The number of rotatable bonds is 7. The molecule has 0 saturated carbocycles. The van der Waals surface area contributed by atoms with E-state index in [2.05, 4.69) is 16.5 Å². The average molecular weight is 302 g/mol. The molecule has 3 nitrogen and oxygen atoms in total. The van der Waals surface area contributed by atoms with Crippen molar-refractivity contribution in [3.05, 3.63) is 30.1 Å². The van der Waals surface area contributed by atoms with E-state index in [1.807, 2.05) is 6.07 Å². The molecule has 0 radical (unpaired) electrons. The summed E-state index contributed by atoms with van der Waals surface area (Å²) in [6.07, 6.45) is 13.3. The number of aromatic hydroxyl groups is 1. The third-order valence-corrected chi connectivity index (χ3v) is 4.51. The van der Waals surface area contributed by atoms with Gasteiger partial charge in [-0.3, -0.25) is 0 Å². The van der Waals surface area contributed by atoms with Crippen LogP contribution >= 0.6 is 0 Å². The van der Waals surface area contributed by atoms with Crippen LogP contribution in [0.2, 0.25) is 0 Å². The van der Waals surface area contributed by atoms with Crippen LogP contribution in [0.1, 0.15) is 62.8 Å². The van der Waals surface area contributed by atoms with Gasteiger partial charge in [-0.05, 0) is 69.9 Å². The van der Waals surface area contributed by atoms with Gasteiger partial charge in [0.15, 0.2) is 0 Å². The maximum Gasteiger partial charge on any atom is 0.141 e. The summed E-state index contributed by atoms with van der Waals surface area (Å²) in [5.41, 5.74) is 1.65. The van der Waals surface area contributed by atoms with Crippen LogP contribution in [-0.2, 0) is 6.42 Å². The van der Waals surface area contributed by atoms with Crippen molar-refractivity contribution in [2.75, 3.05) is 19.6 Å². The Morgan fingerprint density at radius 1 is 1.05 bits per heavy atom. The lowest BCUT2D eigenvalue weighted by Crippen LogP contribution is -2.28. The number of aromatic nitrogens is 1. The van der Waals surface area contributed by atoms with Gasteiger partial charge in [0.1, 0.15) is 11.4 Å². The first kappa shape index (κ1) is 17.0. The third-order valence-electron chi connectivity index (χ3n) is 4.51. The second-order valence-corrected chi connectivity index (χ2v) is 6.33. The lowest BCUT2D eigenvalue weighted by atomic mass is 10.1. The van der Waals surface area contributed by atoms with Crippen molar-refractivity contribution in [1.82, 2.24) is 9.88 Å². The van der Waals surface area contributed by atoms with Crippen LogP contribution in [0, 0.1) is 0 Å². The first-order chi connectivity index (χ1) is 10.8. The first-order valence-corrected chi connectivity index (χ1v) is 8.83. The highest BCUT2D eigenvalue weighted by Gasteiger charge is 2.07. The van der Waals surface area contributed by atoms with E-state index in [1.165, 1.54) is 71.0 Å². The van der Waals surface area contributed by atoms with Crippen molar-refractivity contribution in [3.63, 3.8) is 0 Å². The van der Waals surface area contributed by atoms with Gasteiger partial charge in [-0.15, -0.1) is 0 Å². The molecule has 0 amide bonds. The second kappa shape index (κ2) is 9.62. The normalized spacial score (nSPS) is 16.9. The number of nitrogens with zero attached hydrogens (tertiary/aromatic N) is 2. The van der Waals surface area contributed by atoms with Crippen LogP contribution in [0.3, 0.4) is 0 Å². The highest BCUT2D eigenvalue weighted by atomic mass is 16.3. The van der Waals surface area contributed by atoms with Crippen molar-refractivity contribution in [1.29, 1.82) is 0 Å². The molecular weight excluding hydrogens is 272 g/mol. The van der Waals surface area contributed by atoms with Crippen LogP contribution in [0.15, 0.2) is 18.7 Å². The van der Waals surface area contributed by atoms with Gasteiger partial charge in [0.05, 0.1) is 0 Å². The lowest BCUT2D eigenvalue weighted by Gasteiger charge is -2.24. The number of aryl methyl sites for hydroxylation is 1. The van der Waals surface area contributed by atoms with Crippen LogP contribution < -0.4 is 0 Å². The van der Waals surface area contributed by atoms with Gasteiger partial charge < -0.3 is 10.0 Å². The Hall–Kier alpha value is -1.35. The Kier molecular flexibility index (Phi) is 7.44. The standard InChI is InChI=1S/C19H30N2O/c1-2-18-19(22)13-12-17(20-18)11-7-6-10-16-21-14-8-4-3-5-9-15-21/h2,12-13,22H,1,3-11,14-16H2. The molecule has 2 heterocycles. The summed E-state index contributed by atoms with van der Waals surface area (Å²) in [6, 6.07) is 3.64. The molecule has 1 fully saturated rings. The summed E-state index contributed by atoms with van der Waals surface area (Å²) in [4.78, 5) is 7.07. The molecule has 0 unspecified atom stereocenters. The molecule has 0 aromatic carbocycles. The van der Waals surface area contributed by atoms with E-state index in [4.69, 9.17) is 0 Å². The molecule has 1 saturated heterocycles. The molecule has 2 rings (SSSR count). The summed E-state index contributed by atoms with van der Waals surface area (Å²) >= 11 is 0. The fourth-order valence-corrected chi connectivity index (χ4v) is 3.15. The molecule has 1 aromatic rings. The molecule has 0 aliphatic carbocycles. The fraction of sp³-hybridized carbons (Fsp3) is 0.632. The van der Waals surface area contributed by atoms with Gasteiger partial charge in [-0.1, -0.05) is 32.3 Å². The largest absolute Gasteiger partial charge is 0.506 e. The molecule has 0 spiro atoms. The van der Waals surface area contributed by atoms with E-state index in [0.717, 1.165) is 12.1 Å². The van der Waals surface area contributed by atoms with E-state index in [9.17, 15) is 5.11 Å². The van der Waals surface area contributed by atoms with E-state index in [1.54, 1.807) is 12.1 Å². The molecule has 1 N–H and O–H groups in total. The Morgan fingerprint density at radius 2 is 1.77 bits per heavy atom. The van der Waals surface area contributed by atoms with E-state index in [-0.39, 0.29) is 5.75 Å². The van der Waals surface area contributed by atoms with Crippen LogP contribution in [0.25, 0.3) is 6.08 Å². The van der Waals surface area contributed by atoms with Gasteiger partial charge >= 0.3 is 0 Å². The van der Waals surface area contributed by atoms with Crippen molar-refractivity contribution in [3.8, 4) is 5.75 Å². The molecule has 0 atom stereocenters. The molecule has 0 bridgehead atoms. The van der Waals surface area contributed by atoms with Gasteiger partial charge in [-0.2, -0.15) is 0 Å². The number of unbranched alkanes of at least 4 members (excludes halogenated alkanes) is 2. The maximum atomic E-state index is 9.59. The molecule has 3 heteroatoms. The Balaban J connectivity index is 1.63. The topological polar surface area (TPSA) is 36.4 Å². The Morgan fingerprint density at radius 3 is 2.50 bits per heavy atom. The second-order valence-electron chi connectivity index (χ2n) is 6.33. The summed E-state index contributed by atoms with van der Waals surface area (Å²) in [5.74, 6) is 0.218. The minimum absolute atomic E-state index is 0.218. The number of pyridine rings is 1. The number of hydrogen-bond donors (Lipinski definition) is 1. The predicted octanol–water partition coefficient (Wildman–Crippen LogP) is 4.41. The zero-order valence-corrected chi connectivity index (χ0v) is 13.8. The van der Waals surface area contributed by atoms with Crippen molar-refractivity contribution in [2.24, 2.45) is 0 Å². The van der Waals surface area contributed by atoms with E-state index < -0.39 is 0 Å². The summed E-state index contributed by atoms with van der Waals surface area (Å²) in [7, 11) is 0. The molecule has 1 aliphatic rings. The maximum absolute atomic E-state index is 9.59. The minimum Gasteiger partial charge on any atom is -0.506 e. The highest BCUT2D eigenvalue weighted by Crippen LogP contribution is 2.17. The van der Waals surface area contributed by atoms with Crippen LogP contribution in [0.5, 0.6) is 5.75 Å². The molecule has 122 valence electrons. The SMILES string of the molecule is C=Cc1nc(CCCCCN2CCCCCCC2)ccc1O. The van der Waals surface area contributed by atoms with Gasteiger partial charge in [0.2, 0.25) is 0 Å². The van der Waals surface area contributed by atoms with Crippen LogP contribution in [0.4, 0.5) is 0 Å².